The molecule has 1 aromatic heterocycles. The number of carbonyl (C=O) groups is 3. The minimum Gasteiger partial charge on any atom is -0.300 e. The van der Waals surface area contributed by atoms with Crippen LogP contribution in [0.1, 0.15) is 27.6 Å². The molecule has 0 fully saturated rings. The van der Waals surface area contributed by atoms with Crippen LogP contribution >= 0.6 is 11.3 Å². The van der Waals surface area contributed by atoms with Crippen molar-refractivity contribution in [3.05, 3.63) is 71.8 Å². The van der Waals surface area contributed by atoms with Crippen LogP contribution in [-0.2, 0) is 4.79 Å². The fraction of sp³-hybridized carbons (Fsp3) is 0.0909. The predicted octanol–water partition coefficient (Wildman–Crippen LogP) is 4.07. The summed E-state index contributed by atoms with van der Waals surface area (Å²) in [7, 11) is 0. The largest absolute Gasteiger partial charge is 0.300 e. The van der Waals surface area contributed by atoms with E-state index in [1.807, 2.05) is 36.4 Å². The fourth-order valence-corrected chi connectivity index (χ4v) is 4.49. The first-order valence-corrected chi connectivity index (χ1v) is 9.92. The Labute approximate surface area is 169 Å². The lowest BCUT2D eigenvalue weighted by atomic mass is 10.1. The smallest absolute Gasteiger partial charge is 0.262 e. The number of aromatic nitrogens is 1. The molecular formula is C22H15N3O3S. The van der Waals surface area contributed by atoms with Gasteiger partial charge in [-0.15, -0.1) is 0 Å². The number of fused-ring (bicyclic) bond motifs is 4. The van der Waals surface area contributed by atoms with Gasteiger partial charge in [-0.25, -0.2) is 4.98 Å². The van der Waals surface area contributed by atoms with E-state index in [4.69, 9.17) is 0 Å². The van der Waals surface area contributed by atoms with Gasteiger partial charge >= 0.3 is 0 Å². The van der Waals surface area contributed by atoms with Crippen LogP contribution in [0.3, 0.4) is 0 Å². The number of benzene rings is 3. The normalized spacial score (nSPS) is 14.4. The standard InChI is InChI=1S/C22H15N3O3S/c1-12(25-20(27)15-8-4-5-9-16(15)21(25)28)19(26)24-22-23-18-14-7-3-2-6-13(14)10-11-17(18)29-22/h2-12H,1H3,(H,23,24,26)/t12-/m0/s1. The van der Waals surface area contributed by atoms with Gasteiger partial charge in [0.1, 0.15) is 6.04 Å². The van der Waals surface area contributed by atoms with Gasteiger partial charge in [-0.1, -0.05) is 53.8 Å². The zero-order valence-electron chi connectivity index (χ0n) is 15.4. The molecule has 29 heavy (non-hydrogen) atoms. The maximum Gasteiger partial charge on any atom is 0.262 e. The quantitative estimate of drug-likeness (QED) is 0.525. The van der Waals surface area contributed by atoms with Gasteiger partial charge in [0.25, 0.3) is 11.8 Å². The Hall–Kier alpha value is -3.58. The van der Waals surface area contributed by atoms with Crippen molar-refractivity contribution in [2.75, 3.05) is 5.32 Å². The lowest BCUT2D eigenvalue weighted by Gasteiger charge is -2.21. The molecule has 0 unspecified atom stereocenters. The second-order valence-electron chi connectivity index (χ2n) is 6.84. The molecule has 5 rings (SSSR count). The summed E-state index contributed by atoms with van der Waals surface area (Å²) >= 11 is 1.36. The number of rotatable bonds is 3. The van der Waals surface area contributed by atoms with Gasteiger partial charge in [0.05, 0.1) is 21.3 Å². The number of amides is 3. The lowest BCUT2D eigenvalue weighted by molar-refractivity contribution is -0.119. The monoisotopic (exact) mass is 401 g/mol. The van der Waals surface area contributed by atoms with Crippen LogP contribution in [0.25, 0.3) is 21.0 Å². The molecule has 6 nitrogen and oxygen atoms in total. The van der Waals surface area contributed by atoms with Crippen molar-refractivity contribution < 1.29 is 14.4 Å². The molecule has 7 heteroatoms. The first-order chi connectivity index (χ1) is 14.0. The Kier molecular flexibility index (Phi) is 3.92. The summed E-state index contributed by atoms with van der Waals surface area (Å²) in [6.07, 6.45) is 0. The molecule has 1 N–H and O–H groups in total. The number of thiazole rings is 1. The SMILES string of the molecule is C[C@@H](C(=O)Nc1nc2c(ccc3ccccc32)s1)N1C(=O)c2ccccc2C1=O. The summed E-state index contributed by atoms with van der Waals surface area (Å²) in [6.45, 7) is 1.54. The molecule has 0 saturated heterocycles. The first kappa shape index (κ1) is 17.5. The maximum absolute atomic E-state index is 12.8. The highest BCUT2D eigenvalue weighted by atomic mass is 32.1. The topological polar surface area (TPSA) is 79.4 Å². The van der Waals surface area contributed by atoms with Crippen LogP contribution in [0.2, 0.25) is 0 Å². The molecule has 2 heterocycles. The van der Waals surface area contributed by atoms with Gasteiger partial charge in [0, 0.05) is 5.39 Å². The van der Waals surface area contributed by atoms with Crippen LogP contribution in [0.4, 0.5) is 5.13 Å². The highest BCUT2D eigenvalue weighted by molar-refractivity contribution is 7.22. The van der Waals surface area contributed by atoms with E-state index in [1.165, 1.54) is 11.3 Å². The summed E-state index contributed by atoms with van der Waals surface area (Å²) in [6, 6.07) is 17.5. The van der Waals surface area contributed by atoms with Crippen molar-refractivity contribution in [3.8, 4) is 0 Å². The van der Waals surface area contributed by atoms with Gasteiger partial charge in [0.2, 0.25) is 5.91 Å². The van der Waals surface area contributed by atoms with Gasteiger partial charge in [-0.05, 0) is 30.5 Å². The minimum atomic E-state index is -0.953. The van der Waals surface area contributed by atoms with Gasteiger partial charge in [-0.2, -0.15) is 0 Å². The Morgan fingerprint density at radius 1 is 0.966 bits per heavy atom. The molecule has 0 aliphatic carbocycles. The average molecular weight is 401 g/mol. The first-order valence-electron chi connectivity index (χ1n) is 9.10. The Balaban J connectivity index is 1.43. The van der Waals surface area contributed by atoms with E-state index < -0.39 is 23.8 Å². The second kappa shape index (κ2) is 6.49. The average Bonchev–Trinajstić information content (AvgIpc) is 3.26. The van der Waals surface area contributed by atoms with Gasteiger partial charge in [0.15, 0.2) is 5.13 Å². The van der Waals surface area contributed by atoms with Crippen LogP contribution in [0, 0.1) is 0 Å². The minimum absolute atomic E-state index is 0.323. The second-order valence-corrected chi connectivity index (χ2v) is 7.87. The van der Waals surface area contributed by atoms with Gasteiger partial charge < -0.3 is 5.32 Å². The zero-order chi connectivity index (χ0) is 20.1. The summed E-state index contributed by atoms with van der Waals surface area (Å²) in [4.78, 5) is 43.6. The highest BCUT2D eigenvalue weighted by Crippen LogP contribution is 2.32. The summed E-state index contributed by atoms with van der Waals surface area (Å²) < 4.78 is 0.951. The molecule has 0 radical (unpaired) electrons. The van der Waals surface area contributed by atoms with E-state index in [0.29, 0.717) is 16.3 Å². The predicted molar refractivity (Wildman–Crippen MR) is 112 cm³/mol. The molecule has 0 saturated carbocycles. The molecule has 1 aliphatic rings. The van der Waals surface area contributed by atoms with Crippen molar-refractivity contribution in [3.63, 3.8) is 0 Å². The van der Waals surface area contributed by atoms with Crippen molar-refractivity contribution >= 4 is 55.2 Å². The number of hydrogen-bond donors (Lipinski definition) is 1. The van der Waals surface area contributed by atoms with E-state index in [-0.39, 0.29) is 0 Å². The summed E-state index contributed by atoms with van der Waals surface area (Å²) in [5.41, 5.74) is 1.46. The third-order valence-corrected chi connectivity index (χ3v) is 6.04. The number of anilines is 1. The molecular weight excluding hydrogens is 386 g/mol. The van der Waals surface area contributed by atoms with Crippen molar-refractivity contribution in [2.24, 2.45) is 0 Å². The fourth-order valence-electron chi connectivity index (χ4n) is 3.60. The summed E-state index contributed by atoms with van der Waals surface area (Å²) in [5, 5.41) is 5.28. The number of imide groups is 1. The Bertz CT molecular complexity index is 1290. The Morgan fingerprint density at radius 3 is 2.34 bits per heavy atom. The molecule has 3 aromatic carbocycles. The molecule has 0 bridgehead atoms. The van der Waals surface area contributed by atoms with Crippen molar-refractivity contribution in [1.29, 1.82) is 0 Å². The van der Waals surface area contributed by atoms with E-state index in [1.54, 1.807) is 31.2 Å². The zero-order valence-corrected chi connectivity index (χ0v) is 16.2. The molecule has 0 spiro atoms. The van der Waals surface area contributed by atoms with Crippen LogP contribution in [0.5, 0.6) is 0 Å². The molecule has 1 aliphatic heterocycles. The van der Waals surface area contributed by atoms with Crippen molar-refractivity contribution in [2.45, 2.75) is 13.0 Å². The van der Waals surface area contributed by atoms with E-state index >= 15 is 0 Å². The number of carbonyl (C=O) groups excluding carboxylic acids is 3. The number of hydrogen-bond acceptors (Lipinski definition) is 5. The van der Waals surface area contributed by atoms with E-state index in [2.05, 4.69) is 10.3 Å². The van der Waals surface area contributed by atoms with E-state index in [0.717, 1.165) is 25.9 Å². The van der Waals surface area contributed by atoms with E-state index in [9.17, 15) is 14.4 Å². The molecule has 3 amide bonds. The molecule has 1 atom stereocenters. The Morgan fingerprint density at radius 2 is 1.62 bits per heavy atom. The summed E-state index contributed by atoms with van der Waals surface area (Å²) in [5.74, 6) is -1.37. The van der Waals surface area contributed by atoms with Crippen LogP contribution in [-0.4, -0.2) is 33.6 Å². The number of nitrogens with zero attached hydrogens (tertiary/aromatic N) is 2. The highest BCUT2D eigenvalue weighted by Gasteiger charge is 2.40. The molecule has 142 valence electrons. The lowest BCUT2D eigenvalue weighted by Crippen LogP contribution is -2.45. The number of nitrogens with one attached hydrogen (secondary N) is 1. The third-order valence-electron chi connectivity index (χ3n) is 5.11. The third kappa shape index (κ3) is 2.70. The van der Waals surface area contributed by atoms with Crippen LogP contribution < -0.4 is 5.32 Å². The molecule has 4 aromatic rings. The van der Waals surface area contributed by atoms with Crippen molar-refractivity contribution in [1.82, 2.24) is 9.88 Å². The van der Waals surface area contributed by atoms with Gasteiger partial charge in [-0.3, -0.25) is 19.3 Å². The maximum atomic E-state index is 12.8. The van der Waals surface area contributed by atoms with Crippen LogP contribution in [0.15, 0.2) is 60.7 Å².